The quantitative estimate of drug-likeness (QED) is 0.937. The van der Waals surface area contributed by atoms with Gasteiger partial charge in [0.25, 0.3) is 5.91 Å². The van der Waals surface area contributed by atoms with Crippen LogP contribution in [-0.2, 0) is 13.6 Å². The van der Waals surface area contributed by atoms with Crippen molar-refractivity contribution in [1.82, 2.24) is 15.1 Å². The Hall–Kier alpha value is -1.82. The van der Waals surface area contributed by atoms with Gasteiger partial charge in [-0.25, -0.2) is 0 Å². The van der Waals surface area contributed by atoms with E-state index in [1.807, 2.05) is 7.05 Å². The molecule has 0 unspecified atom stereocenters. The smallest absolute Gasteiger partial charge is 0.251 e. The van der Waals surface area contributed by atoms with Gasteiger partial charge in [0, 0.05) is 12.6 Å². The molecule has 0 radical (unpaired) electrons. The molecular formula is C13H14BrN3O2. The number of halogens is 1. The molecule has 5 nitrogen and oxygen atoms in total. The summed E-state index contributed by atoms with van der Waals surface area (Å²) in [6.45, 7) is 0.419. The van der Waals surface area contributed by atoms with E-state index in [1.165, 1.54) is 0 Å². The molecule has 0 saturated carbocycles. The molecule has 100 valence electrons. The minimum atomic E-state index is -0.129. The molecule has 19 heavy (non-hydrogen) atoms. The minimum absolute atomic E-state index is 0.129. The van der Waals surface area contributed by atoms with E-state index in [0.717, 1.165) is 15.9 Å². The fourth-order valence-electron chi connectivity index (χ4n) is 1.64. The Morgan fingerprint density at radius 2 is 2.11 bits per heavy atom. The molecule has 0 spiro atoms. The molecule has 2 aromatic rings. The van der Waals surface area contributed by atoms with Crippen LogP contribution in [0.25, 0.3) is 0 Å². The number of hydrogen-bond donors (Lipinski definition) is 1. The van der Waals surface area contributed by atoms with Gasteiger partial charge in [0.15, 0.2) is 0 Å². The van der Waals surface area contributed by atoms with E-state index in [9.17, 15) is 4.79 Å². The van der Waals surface area contributed by atoms with Crippen LogP contribution >= 0.6 is 15.9 Å². The van der Waals surface area contributed by atoms with Gasteiger partial charge in [0.1, 0.15) is 5.75 Å². The van der Waals surface area contributed by atoms with Gasteiger partial charge in [0.2, 0.25) is 0 Å². The molecule has 1 heterocycles. The van der Waals surface area contributed by atoms with Crippen molar-refractivity contribution in [3.63, 3.8) is 0 Å². The molecular weight excluding hydrogens is 310 g/mol. The predicted molar refractivity (Wildman–Crippen MR) is 75.1 cm³/mol. The van der Waals surface area contributed by atoms with Crippen molar-refractivity contribution < 1.29 is 9.53 Å². The highest BCUT2D eigenvalue weighted by Gasteiger charge is 2.09. The number of aromatic nitrogens is 2. The number of carbonyl (C=O) groups excluding carboxylic acids is 1. The summed E-state index contributed by atoms with van der Waals surface area (Å²) in [7, 11) is 3.43. The average Bonchev–Trinajstić information content (AvgIpc) is 2.75. The van der Waals surface area contributed by atoms with Gasteiger partial charge in [-0.2, -0.15) is 5.10 Å². The third-order valence-electron chi connectivity index (χ3n) is 2.78. The van der Waals surface area contributed by atoms with E-state index in [4.69, 9.17) is 4.74 Å². The number of carbonyl (C=O) groups is 1. The second-order valence-electron chi connectivity index (χ2n) is 3.97. The van der Waals surface area contributed by atoms with E-state index >= 15 is 0 Å². The van der Waals surface area contributed by atoms with Crippen molar-refractivity contribution in [2.45, 2.75) is 6.54 Å². The molecule has 0 fully saturated rings. The lowest BCUT2D eigenvalue weighted by atomic mass is 10.2. The normalized spacial score (nSPS) is 10.3. The number of nitrogens with zero attached hydrogens (tertiary/aromatic N) is 2. The Kier molecular flexibility index (Phi) is 4.21. The standard InChI is InChI=1S/C13H14BrN3O2/c1-17-12(11(14)7-16-17)8-15-13(18)9-3-5-10(19-2)6-4-9/h3-7H,8H2,1-2H3,(H,15,18). The first-order chi connectivity index (χ1) is 9.11. The summed E-state index contributed by atoms with van der Waals surface area (Å²) in [6.07, 6.45) is 1.70. The van der Waals surface area contributed by atoms with Gasteiger partial charge in [0.05, 0.1) is 30.0 Å². The van der Waals surface area contributed by atoms with Gasteiger partial charge in [-0.3, -0.25) is 9.48 Å². The summed E-state index contributed by atoms with van der Waals surface area (Å²) in [5.41, 5.74) is 1.51. The Labute approximate surface area is 119 Å². The third-order valence-corrected chi connectivity index (χ3v) is 3.44. The van der Waals surface area contributed by atoms with Gasteiger partial charge < -0.3 is 10.1 Å². The number of benzene rings is 1. The fourth-order valence-corrected chi connectivity index (χ4v) is 2.13. The maximum atomic E-state index is 12.0. The summed E-state index contributed by atoms with van der Waals surface area (Å²) in [5.74, 6) is 0.599. The third kappa shape index (κ3) is 3.14. The number of rotatable bonds is 4. The van der Waals surface area contributed by atoms with Crippen molar-refractivity contribution in [2.75, 3.05) is 7.11 Å². The molecule has 1 aromatic carbocycles. The zero-order valence-electron chi connectivity index (χ0n) is 10.7. The molecule has 1 aromatic heterocycles. The van der Waals surface area contributed by atoms with Crippen LogP contribution in [0.15, 0.2) is 34.9 Å². The molecule has 0 aliphatic carbocycles. The van der Waals surface area contributed by atoms with Crippen LogP contribution < -0.4 is 10.1 Å². The van der Waals surface area contributed by atoms with Crippen molar-refractivity contribution in [2.24, 2.45) is 7.05 Å². The monoisotopic (exact) mass is 323 g/mol. The van der Waals surface area contributed by atoms with E-state index in [1.54, 1.807) is 42.3 Å². The van der Waals surface area contributed by atoms with Crippen LogP contribution in [0.5, 0.6) is 5.75 Å². The first-order valence-corrected chi connectivity index (χ1v) is 6.49. The van der Waals surface area contributed by atoms with Crippen molar-refractivity contribution in [1.29, 1.82) is 0 Å². The maximum absolute atomic E-state index is 12.0. The Balaban J connectivity index is 2.01. The molecule has 0 bridgehead atoms. The van der Waals surface area contributed by atoms with E-state index < -0.39 is 0 Å². The number of amides is 1. The Bertz CT molecular complexity index is 559. The second-order valence-corrected chi connectivity index (χ2v) is 4.83. The topological polar surface area (TPSA) is 56.1 Å². The van der Waals surface area contributed by atoms with Crippen molar-refractivity contribution in [3.05, 3.63) is 46.2 Å². The van der Waals surface area contributed by atoms with Gasteiger partial charge >= 0.3 is 0 Å². The zero-order valence-corrected chi connectivity index (χ0v) is 12.3. The lowest BCUT2D eigenvalue weighted by molar-refractivity contribution is 0.0950. The Morgan fingerprint density at radius 3 is 2.63 bits per heavy atom. The van der Waals surface area contributed by atoms with Gasteiger partial charge in [-0.05, 0) is 40.2 Å². The minimum Gasteiger partial charge on any atom is -0.497 e. The van der Waals surface area contributed by atoms with Crippen molar-refractivity contribution >= 4 is 21.8 Å². The SMILES string of the molecule is COc1ccc(C(=O)NCc2c(Br)cnn2C)cc1. The first-order valence-electron chi connectivity index (χ1n) is 5.70. The maximum Gasteiger partial charge on any atom is 0.251 e. The zero-order chi connectivity index (χ0) is 13.8. The molecule has 0 aliphatic heterocycles. The van der Waals surface area contributed by atoms with Crippen LogP contribution in [0.3, 0.4) is 0 Å². The van der Waals surface area contributed by atoms with Crippen LogP contribution in [0.4, 0.5) is 0 Å². The number of nitrogens with one attached hydrogen (secondary N) is 1. The summed E-state index contributed by atoms with van der Waals surface area (Å²) in [5, 5.41) is 6.94. The Morgan fingerprint density at radius 1 is 1.42 bits per heavy atom. The fraction of sp³-hybridized carbons (Fsp3) is 0.231. The summed E-state index contributed by atoms with van der Waals surface area (Å²) < 4.78 is 7.65. The summed E-state index contributed by atoms with van der Waals surface area (Å²) in [6, 6.07) is 6.97. The summed E-state index contributed by atoms with van der Waals surface area (Å²) >= 11 is 3.39. The lowest BCUT2D eigenvalue weighted by Gasteiger charge is -2.07. The van der Waals surface area contributed by atoms with E-state index in [2.05, 4.69) is 26.3 Å². The molecule has 1 N–H and O–H groups in total. The lowest BCUT2D eigenvalue weighted by Crippen LogP contribution is -2.24. The number of methoxy groups -OCH3 is 1. The molecule has 0 saturated heterocycles. The van der Waals surface area contributed by atoms with Crippen LogP contribution in [0.1, 0.15) is 16.1 Å². The van der Waals surface area contributed by atoms with Crippen LogP contribution in [-0.4, -0.2) is 22.8 Å². The van der Waals surface area contributed by atoms with Crippen LogP contribution in [0.2, 0.25) is 0 Å². The molecule has 6 heteroatoms. The van der Waals surface area contributed by atoms with E-state index in [-0.39, 0.29) is 5.91 Å². The first kappa shape index (κ1) is 13.6. The van der Waals surface area contributed by atoms with Crippen LogP contribution in [0, 0.1) is 0 Å². The molecule has 0 aliphatic rings. The number of ether oxygens (including phenoxy) is 1. The highest BCUT2D eigenvalue weighted by molar-refractivity contribution is 9.10. The molecule has 1 amide bonds. The largest absolute Gasteiger partial charge is 0.497 e. The highest BCUT2D eigenvalue weighted by Crippen LogP contribution is 2.15. The second kappa shape index (κ2) is 5.88. The number of hydrogen-bond acceptors (Lipinski definition) is 3. The number of aryl methyl sites for hydroxylation is 1. The van der Waals surface area contributed by atoms with Gasteiger partial charge in [-0.15, -0.1) is 0 Å². The van der Waals surface area contributed by atoms with E-state index in [0.29, 0.717) is 12.1 Å². The predicted octanol–water partition coefficient (Wildman–Crippen LogP) is 2.12. The molecule has 0 atom stereocenters. The summed E-state index contributed by atoms with van der Waals surface area (Å²) in [4.78, 5) is 12.0. The highest BCUT2D eigenvalue weighted by atomic mass is 79.9. The average molecular weight is 324 g/mol. The van der Waals surface area contributed by atoms with Crippen molar-refractivity contribution in [3.8, 4) is 5.75 Å². The molecule has 2 rings (SSSR count). The van der Waals surface area contributed by atoms with Gasteiger partial charge in [-0.1, -0.05) is 0 Å².